The Morgan fingerprint density at radius 2 is 1.68 bits per heavy atom. The van der Waals surface area contributed by atoms with E-state index in [0.29, 0.717) is 32.4 Å². The summed E-state index contributed by atoms with van der Waals surface area (Å²) in [6.07, 6.45) is 1.36. The number of nitro groups is 1. The van der Waals surface area contributed by atoms with Crippen LogP contribution in [0.1, 0.15) is 60.3 Å². The molecule has 2 aliphatic heterocycles. The monoisotopic (exact) mass is 580 g/mol. The van der Waals surface area contributed by atoms with Gasteiger partial charge in [-0.2, -0.15) is 4.31 Å². The molecule has 2 aliphatic rings. The number of para-hydroxylation sites is 1. The summed E-state index contributed by atoms with van der Waals surface area (Å²) in [4.78, 5) is 52.7. The number of hydrogen-bond donors (Lipinski definition) is 0. The van der Waals surface area contributed by atoms with Crippen LogP contribution in [0, 0.1) is 22.0 Å². The molecular weight excluding hydrogens is 540 g/mol. The van der Waals surface area contributed by atoms with Crippen molar-refractivity contribution >= 4 is 33.5 Å². The Hall–Kier alpha value is -3.06. The lowest BCUT2D eigenvalue weighted by molar-refractivity contribution is -0.387. The van der Waals surface area contributed by atoms with E-state index < -0.39 is 43.5 Å². The number of ether oxygens (including phenoxy) is 1. The van der Waals surface area contributed by atoms with Crippen LogP contribution in [-0.4, -0.2) is 89.6 Å². The molecule has 2 amide bonds. The lowest BCUT2D eigenvalue weighted by Gasteiger charge is -2.45. The molecule has 3 rings (SSSR count). The fraction of sp³-hybridized carbons (Fsp3) is 0.667. The van der Waals surface area contributed by atoms with Gasteiger partial charge in [0.15, 0.2) is 4.90 Å². The van der Waals surface area contributed by atoms with Crippen molar-refractivity contribution in [2.75, 3.05) is 26.2 Å². The van der Waals surface area contributed by atoms with E-state index >= 15 is 0 Å². The topological polar surface area (TPSA) is 147 Å². The van der Waals surface area contributed by atoms with Crippen molar-refractivity contribution in [1.29, 1.82) is 0 Å². The number of nitro benzene ring substituents is 1. The molecular formula is C27H40N4O8S. The van der Waals surface area contributed by atoms with E-state index in [0.717, 1.165) is 10.4 Å². The first-order valence-electron chi connectivity index (χ1n) is 13.8. The van der Waals surface area contributed by atoms with Gasteiger partial charge in [-0.15, -0.1) is 0 Å². The van der Waals surface area contributed by atoms with Gasteiger partial charge >= 0.3 is 5.97 Å². The third-order valence-corrected chi connectivity index (χ3v) is 9.22. The van der Waals surface area contributed by atoms with Crippen LogP contribution >= 0.6 is 0 Å². The van der Waals surface area contributed by atoms with Gasteiger partial charge in [-0.25, -0.2) is 8.42 Å². The molecule has 222 valence electrons. The van der Waals surface area contributed by atoms with Crippen molar-refractivity contribution in [3.63, 3.8) is 0 Å². The quantitative estimate of drug-likeness (QED) is 0.233. The SMILES string of the molecule is CC(=O)OC1CCN(C(=O)C(CC(C)C)N2CCN(S(=O)(=O)c3ccccc3[N+](=O)[O-])[C@@H](CC(C)C)C2=O)CC1. The zero-order valence-corrected chi connectivity index (χ0v) is 24.6. The zero-order chi connectivity index (χ0) is 29.8. The molecule has 0 aromatic heterocycles. The molecule has 40 heavy (non-hydrogen) atoms. The summed E-state index contributed by atoms with van der Waals surface area (Å²) in [6, 6.07) is 3.24. The average Bonchev–Trinajstić information content (AvgIpc) is 2.88. The van der Waals surface area contributed by atoms with E-state index in [4.69, 9.17) is 4.74 Å². The zero-order valence-electron chi connectivity index (χ0n) is 23.8. The molecule has 0 aliphatic carbocycles. The van der Waals surface area contributed by atoms with Gasteiger partial charge < -0.3 is 14.5 Å². The number of hydrogen-bond acceptors (Lipinski definition) is 8. The molecule has 12 nitrogen and oxygen atoms in total. The molecule has 13 heteroatoms. The van der Waals surface area contributed by atoms with Crippen LogP contribution in [-0.2, 0) is 29.1 Å². The van der Waals surface area contributed by atoms with Gasteiger partial charge in [0.05, 0.1) is 4.92 Å². The van der Waals surface area contributed by atoms with E-state index in [-0.39, 0.29) is 49.3 Å². The molecule has 2 saturated heterocycles. The highest BCUT2D eigenvalue weighted by molar-refractivity contribution is 7.89. The minimum atomic E-state index is -4.39. The number of esters is 1. The van der Waals surface area contributed by atoms with E-state index in [1.165, 1.54) is 30.0 Å². The Labute approximate surface area is 235 Å². The van der Waals surface area contributed by atoms with Crippen molar-refractivity contribution in [2.24, 2.45) is 11.8 Å². The van der Waals surface area contributed by atoms with Crippen LogP contribution in [0.4, 0.5) is 5.69 Å². The van der Waals surface area contributed by atoms with Gasteiger partial charge in [-0.1, -0.05) is 39.8 Å². The number of carbonyl (C=O) groups excluding carboxylic acids is 3. The summed E-state index contributed by atoms with van der Waals surface area (Å²) in [5.41, 5.74) is -0.550. The van der Waals surface area contributed by atoms with E-state index in [2.05, 4.69) is 0 Å². The van der Waals surface area contributed by atoms with Crippen LogP contribution in [0.3, 0.4) is 0 Å². The van der Waals surface area contributed by atoms with Crippen LogP contribution in [0.25, 0.3) is 0 Å². The molecule has 1 unspecified atom stereocenters. The molecule has 1 aromatic rings. The highest BCUT2D eigenvalue weighted by Gasteiger charge is 2.47. The number of sulfonamides is 1. The third-order valence-electron chi connectivity index (χ3n) is 7.26. The Morgan fingerprint density at radius 1 is 1.05 bits per heavy atom. The second-order valence-corrected chi connectivity index (χ2v) is 13.2. The fourth-order valence-electron chi connectivity index (χ4n) is 5.45. The number of piperidine rings is 1. The first-order chi connectivity index (χ1) is 18.7. The molecule has 0 spiro atoms. The lowest BCUT2D eigenvalue weighted by atomic mass is 9.95. The first-order valence-corrected chi connectivity index (χ1v) is 15.2. The van der Waals surface area contributed by atoms with Crippen molar-refractivity contribution in [3.8, 4) is 0 Å². The number of likely N-dealkylation sites (tertiary alicyclic amines) is 1. The second kappa shape index (κ2) is 13.1. The number of carbonyl (C=O) groups is 3. The van der Waals surface area contributed by atoms with Crippen LogP contribution in [0.2, 0.25) is 0 Å². The molecule has 1 aromatic carbocycles. The molecule has 0 bridgehead atoms. The highest BCUT2D eigenvalue weighted by Crippen LogP contribution is 2.32. The van der Waals surface area contributed by atoms with Crippen LogP contribution in [0.5, 0.6) is 0 Å². The Balaban J connectivity index is 1.90. The van der Waals surface area contributed by atoms with Crippen molar-refractivity contribution in [3.05, 3.63) is 34.4 Å². The van der Waals surface area contributed by atoms with Gasteiger partial charge in [0.2, 0.25) is 11.8 Å². The molecule has 0 saturated carbocycles. The molecule has 0 N–H and O–H groups in total. The number of amides is 2. The van der Waals surface area contributed by atoms with Crippen molar-refractivity contribution in [1.82, 2.24) is 14.1 Å². The smallest absolute Gasteiger partial charge is 0.302 e. The minimum Gasteiger partial charge on any atom is -0.462 e. The van der Waals surface area contributed by atoms with E-state index in [1.807, 2.05) is 27.7 Å². The summed E-state index contributed by atoms with van der Waals surface area (Å²) in [6.45, 7) is 9.68. The summed E-state index contributed by atoms with van der Waals surface area (Å²) in [5, 5.41) is 11.6. The standard InChI is InChI=1S/C27H40N4O8S/c1-18(2)16-23(26(33)28-12-10-21(11-13-28)39-20(5)32)29-14-15-30(24(27(29)34)17-19(3)4)40(37,38)25-9-7-6-8-22(25)31(35)36/h6-9,18-19,21,23-24H,10-17H2,1-5H3/t23?,24-/m0/s1. The second-order valence-electron chi connectivity index (χ2n) is 11.3. The predicted octanol–water partition coefficient (Wildman–Crippen LogP) is 2.81. The fourth-order valence-corrected chi connectivity index (χ4v) is 7.19. The summed E-state index contributed by atoms with van der Waals surface area (Å²) in [7, 11) is -4.39. The lowest BCUT2D eigenvalue weighted by Crippen LogP contribution is -2.64. The number of benzene rings is 1. The number of nitrogens with zero attached hydrogens (tertiary/aromatic N) is 4. The summed E-state index contributed by atoms with van der Waals surface area (Å²) < 4.78 is 33.8. The largest absolute Gasteiger partial charge is 0.462 e. The van der Waals surface area contributed by atoms with Crippen LogP contribution in [0.15, 0.2) is 29.2 Å². The maximum atomic E-state index is 14.0. The number of piperazine rings is 1. The maximum Gasteiger partial charge on any atom is 0.302 e. The van der Waals surface area contributed by atoms with Gasteiger partial charge in [-0.3, -0.25) is 24.5 Å². The Morgan fingerprint density at radius 3 is 2.23 bits per heavy atom. The maximum absolute atomic E-state index is 14.0. The van der Waals surface area contributed by atoms with Crippen molar-refractivity contribution < 1.29 is 32.5 Å². The highest BCUT2D eigenvalue weighted by atomic mass is 32.2. The molecule has 0 radical (unpaired) electrons. The Kier molecular flexibility index (Phi) is 10.3. The molecule has 2 atom stereocenters. The van der Waals surface area contributed by atoms with Gasteiger partial charge in [0.1, 0.15) is 18.2 Å². The normalized spacial score (nSPS) is 20.2. The van der Waals surface area contributed by atoms with Crippen LogP contribution < -0.4 is 0 Å². The van der Waals surface area contributed by atoms with Gasteiger partial charge in [0, 0.05) is 52.0 Å². The van der Waals surface area contributed by atoms with Gasteiger partial charge in [0.25, 0.3) is 15.7 Å². The minimum absolute atomic E-state index is 0.0136. The average molecular weight is 581 g/mol. The summed E-state index contributed by atoms with van der Waals surface area (Å²) in [5.74, 6) is -1.02. The molecule has 2 fully saturated rings. The summed E-state index contributed by atoms with van der Waals surface area (Å²) >= 11 is 0. The van der Waals surface area contributed by atoms with Crippen molar-refractivity contribution in [2.45, 2.75) is 83.4 Å². The predicted molar refractivity (Wildman–Crippen MR) is 147 cm³/mol. The van der Waals surface area contributed by atoms with Gasteiger partial charge in [-0.05, 0) is 30.7 Å². The van der Waals surface area contributed by atoms with E-state index in [9.17, 15) is 32.9 Å². The number of rotatable bonds is 10. The first kappa shape index (κ1) is 31.5. The molecule has 2 heterocycles. The Bertz CT molecular complexity index is 1210. The third kappa shape index (κ3) is 7.17. The van der Waals surface area contributed by atoms with E-state index in [1.54, 1.807) is 4.90 Å².